The van der Waals surface area contributed by atoms with Gasteiger partial charge in [0.05, 0.1) is 6.04 Å². The van der Waals surface area contributed by atoms with Crippen LogP contribution in [0.1, 0.15) is 23.6 Å². The Kier molecular flexibility index (Phi) is 4.96. The first-order valence-electron chi connectivity index (χ1n) is 9.27. The van der Waals surface area contributed by atoms with E-state index in [0.717, 1.165) is 13.0 Å². The molecule has 4 aromatic carbocycles. The lowest BCUT2D eigenvalue weighted by Crippen LogP contribution is -2.25. The monoisotopic (exact) mass is 340 g/mol. The van der Waals surface area contributed by atoms with E-state index in [-0.39, 0.29) is 6.04 Å². The number of hydrogen-bond acceptors (Lipinski definition) is 2. The van der Waals surface area contributed by atoms with Gasteiger partial charge in [0.1, 0.15) is 0 Å². The Morgan fingerprint density at radius 1 is 0.654 bits per heavy atom. The number of nitrogens with two attached hydrogens (primary N) is 1. The fraction of sp³-hybridized carbons (Fsp3) is 0.167. The first-order valence-corrected chi connectivity index (χ1v) is 9.27. The van der Waals surface area contributed by atoms with Gasteiger partial charge in [-0.25, -0.2) is 0 Å². The van der Waals surface area contributed by atoms with Gasteiger partial charge >= 0.3 is 0 Å². The van der Waals surface area contributed by atoms with Gasteiger partial charge in [0.25, 0.3) is 0 Å². The predicted molar refractivity (Wildman–Crippen MR) is 111 cm³/mol. The summed E-state index contributed by atoms with van der Waals surface area (Å²) in [5, 5.41) is 8.90. The van der Waals surface area contributed by atoms with E-state index >= 15 is 0 Å². The van der Waals surface area contributed by atoms with Gasteiger partial charge in [-0.05, 0) is 52.2 Å². The minimum atomic E-state index is 0.138. The van der Waals surface area contributed by atoms with Crippen LogP contribution in [0.3, 0.4) is 0 Å². The Labute approximate surface area is 154 Å². The van der Waals surface area contributed by atoms with Gasteiger partial charge < -0.3 is 11.1 Å². The second kappa shape index (κ2) is 7.69. The maximum Gasteiger partial charge on any atom is 0.0588 e. The standard InChI is InChI=1S/C24H24N2/c25-16-7-17-26-24(22-14-5-10-18-8-1-3-12-20(18)22)23-15-6-11-19-9-2-4-13-21(19)23/h1-6,8-15,24,26H,7,16-17,25H2. The average molecular weight is 340 g/mol. The van der Waals surface area contributed by atoms with Crippen molar-refractivity contribution in [3.63, 3.8) is 0 Å². The highest BCUT2D eigenvalue weighted by atomic mass is 14.9. The summed E-state index contributed by atoms with van der Waals surface area (Å²) in [7, 11) is 0. The number of nitrogens with one attached hydrogen (secondary N) is 1. The molecule has 0 spiro atoms. The zero-order valence-corrected chi connectivity index (χ0v) is 14.9. The summed E-state index contributed by atoms with van der Waals surface area (Å²) in [5.41, 5.74) is 8.37. The van der Waals surface area contributed by atoms with Gasteiger partial charge in [-0.3, -0.25) is 0 Å². The van der Waals surface area contributed by atoms with Gasteiger partial charge in [-0.1, -0.05) is 84.9 Å². The molecule has 26 heavy (non-hydrogen) atoms. The van der Waals surface area contributed by atoms with Crippen molar-refractivity contribution in [1.29, 1.82) is 0 Å². The first kappa shape index (κ1) is 16.8. The molecule has 2 nitrogen and oxygen atoms in total. The number of hydrogen-bond donors (Lipinski definition) is 2. The van der Waals surface area contributed by atoms with E-state index in [1.54, 1.807) is 0 Å². The third-order valence-corrected chi connectivity index (χ3v) is 5.00. The van der Waals surface area contributed by atoms with Crippen LogP contribution in [0.25, 0.3) is 21.5 Å². The van der Waals surface area contributed by atoms with Gasteiger partial charge in [0.2, 0.25) is 0 Å². The van der Waals surface area contributed by atoms with Crippen LogP contribution in [-0.2, 0) is 0 Å². The van der Waals surface area contributed by atoms with Gasteiger partial charge in [-0.2, -0.15) is 0 Å². The Morgan fingerprint density at radius 2 is 1.15 bits per heavy atom. The number of fused-ring (bicyclic) bond motifs is 2. The highest BCUT2D eigenvalue weighted by Gasteiger charge is 2.18. The molecular weight excluding hydrogens is 316 g/mol. The third kappa shape index (κ3) is 3.22. The van der Waals surface area contributed by atoms with Crippen LogP contribution < -0.4 is 11.1 Å². The van der Waals surface area contributed by atoms with Crippen molar-refractivity contribution in [2.45, 2.75) is 12.5 Å². The summed E-state index contributed by atoms with van der Waals surface area (Å²) in [5.74, 6) is 0. The van der Waals surface area contributed by atoms with E-state index in [0.29, 0.717) is 6.54 Å². The fourth-order valence-electron chi connectivity index (χ4n) is 3.74. The van der Waals surface area contributed by atoms with E-state index in [1.165, 1.54) is 32.7 Å². The lowest BCUT2D eigenvalue weighted by Gasteiger charge is -2.23. The van der Waals surface area contributed by atoms with Crippen molar-refractivity contribution in [3.8, 4) is 0 Å². The predicted octanol–water partition coefficient (Wildman–Crippen LogP) is 5.02. The van der Waals surface area contributed by atoms with Crippen LogP contribution in [-0.4, -0.2) is 13.1 Å². The molecule has 4 rings (SSSR count). The van der Waals surface area contributed by atoms with E-state index in [9.17, 15) is 0 Å². The van der Waals surface area contributed by atoms with Crippen LogP contribution in [0.15, 0.2) is 84.9 Å². The smallest absolute Gasteiger partial charge is 0.0588 e. The van der Waals surface area contributed by atoms with Gasteiger partial charge in [-0.15, -0.1) is 0 Å². The quantitative estimate of drug-likeness (QED) is 0.484. The molecule has 0 bridgehead atoms. The molecule has 0 aliphatic rings. The molecule has 0 saturated carbocycles. The average Bonchev–Trinajstić information content (AvgIpc) is 2.71. The van der Waals surface area contributed by atoms with Crippen molar-refractivity contribution in [3.05, 3.63) is 96.1 Å². The van der Waals surface area contributed by atoms with Crippen molar-refractivity contribution < 1.29 is 0 Å². The normalized spacial score (nSPS) is 11.5. The van der Waals surface area contributed by atoms with E-state index in [1.807, 2.05) is 0 Å². The van der Waals surface area contributed by atoms with Crippen LogP contribution in [0.5, 0.6) is 0 Å². The summed E-state index contributed by atoms with van der Waals surface area (Å²) in [6, 6.07) is 30.5. The lowest BCUT2D eigenvalue weighted by atomic mass is 9.90. The zero-order valence-electron chi connectivity index (χ0n) is 14.9. The topological polar surface area (TPSA) is 38.0 Å². The van der Waals surface area contributed by atoms with Crippen molar-refractivity contribution >= 4 is 21.5 Å². The van der Waals surface area contributed by atoms with Crippen LogP contribution in [0.4, 0.5) is 0 Å². The highest BCUT2D eigenvalue weighted by Crippen LogP contribution is 2.33. The molecule has 0 fully saturated rings. The molecular formula is C24H24N2. The maximum atomic E-state index is 5.73. The van der Waals surface area contributed by atoms with E-state index in [2.05, 4.69) is 90.2 Å². The highest BCUT2D eigenvalue weighted by molar-refractivity contribution is 5.90. The summed E-state index contributed by atoms with van der Waals surface area (Å²) in [6.07, 6.45) is 0.964. The SMILES string of the molecule is NCCCNC(c1cccc2ccccc12)c1cccc2ccccc12. The summed E-state index contributed by atoms with van der Waals surface area (Å²) in [6.45, 7) is 1.60. The van der Waals surface area contributed by atoms with Crippen molar-refractivity contribution in [2.24, 2.45) is 5.73 Å². The number of rotatable bonds is 6. The van der Waals surface area contributed by atoms with Crippen molar-refractivity contribution in [1.82, 2.24) is 5.32 Å². The molecule has 0 radical (unpaired) electrons. The maximum absolute atomic E-state index is 5.73. The van der Waals surface area contributed by atoms with Crippen LogP contribution in [0, 0.1) is 0 Å². The first-order chi connectivity index (χ1) is 12.9. The van der Waals surface area contributed by atoms with Crippen LogP contribution in [0.2, 0.25) is 0 Å². The molecule has 0 aliphatic heterocycles. The van der Waals surface area contributed by atoms with Crippen molar-refractivity contribution in [2.75, 3.05) is 13.1 Å². The minimum absolute atomic E-state index is 0.138. The fourth-order valence-corrected chi connectivity index (χ4v) is 3.74. The lowest BCUT2D eigenvalue weighted by molar-refractivity contribution is 0.593. The molecule has 0 unspecified atom stereocenters. The third-order valence-electron chi connectivity index (χ3n) is 5.00. The molecule has 3 N–H and O–H groups in total. The Bertz CT molecular complexity index is 933. The van der Waals surface area contributed by atoms with Crippen LogP contribution >= 0.6 is 0 Å². The molecule has 0 amide bonds. The molecule has 4 aromatic rings. The Hall–Kier alpha value is -2.68. The molecule has 0 atom stereocenters. The van der Waals surface area contributed by atoms with Gasteiger partial charge in [0, 0.05) is 0 Å². The Balaban J connectivity index is 1.89. The molecule has 0 aliphatic carbocycles. The van der Waals surface area contributed by atoms with E-state index < -0.39 is 0 Å². The minimum Gasteiger partial charge on any atom is -0.330 e. The molecule has 130 valence electrons. The largest absolute Gasteiger partial charge is 0.330 e. The second-order valence-corrected chi connectivity index (χ2v) is 6.67. The molecule has 0 heterocycles. The second-order valence-electron chi connectivity index (χ2n) is 6.67. The molecule has 0 saturated heterocycles. The summed E-state index contributed by atoms with van der Waals surface area (Å²) >= 11 is 0. The summed E-state index contributed by atoms with van der Waals surface area (Å²) < 4.78 is 0. The summed E-state index contributed by atoms with van der Waals surface area (Å²) in [4.78, 5) is 0. The van der Waals surface area contributed by atoms with E-state index in [4.69, 9.17) is 5.73 Å². The van der Waals surface area contributed by atoms with Gasteiger partial charge in [0.15, 0.2) is 0 Å². The molecule has 2 heteroatoms. The number of benzene rings is 4. The zero-order chi connectivity index (χ0) is 17.8. The Morgan fingerprint density at radius 3 is 1.69 bits per heavy atom. The molecule has 0 aromatic heterocycles.